The Morgan fingerprint density at radius 1 is 0.885 bits per heavy atom. The molecule has 0 aliphatic rings. The fraction of sp³-hybridized carbons (Fsp3) is 0.0455. The molecule has 0 atom stereocenters. The Kier molecular flexibility index (Phi) is 4.23. The summed E-state index contributed by atoms with van der Waals surface area (Å²) in [6, 6.07) is 22.7. The van der Waals surface area contributed by atoms with Gasteiger partial charge < -0.3 is 9.72 Å². The van der Waals surface area contributed by atoms with Crippen LogP contribution in [0.3, 0.4) is 0 Å². The highest BCUT2D eigenvalue weighted by atomic mass is 19.1. The van der Waals surface area contributed by atoms with E-state index in [4.69, 9.17) is 4.74 Å². The Labute approximate surface area is 149 Å². The zero-order valence-electron chi connectivity index (χ0n) is 13.9. The third kappa shape index (κ3) is 3.22. The summed E-state index contributed by atoms with van der Waals surface area (Å²) in [4.78, 5) is 15.7. The molecule has 128 valence electrons. The first-order chi connectivity index (χ1) is 12.7. The zero-order chi connectivity index (χ0) is 17.9. The van der Waals surface area contributed by atoms with E-state index in [2.05, 4.69) is 4.98 Å². The van der Waals surface area contributed by atoms with Gasteiger partial charge in [-0.05, 0) is 42.0 Å². The molecule has 4 rings (SSSR count). The Morgan fingerprint density at radius 3 is 2.46 bits per heavy atom. The topological polar surface area (TPSA) is 42.1 Å². The third-order valence-corrected chi connectivity index (χ3v) is 4.22. The highest BCUT2D eigenvalue weighted by Crippen LogP contribution is 2.29. The van der Waals surface area contributed by atoms with Gasteiger partial charge in [0.2, 0.25) is 0 Å². The maximum atomic E-state index is 13.0. The van der Waals surface area contributed by atoms with Crippen LogP contribution in [0.1, 0.15) is 5.56 Å². The lowest BCUT2D eigenvalue weighted by Crippen LogP contribution is -2.04. The van der Waals surface area contributed by atoms with Crippen LogP contribution in [0.2, 0.25) is 0 Å². The van der Waals surface area contributed by atoms with Crippen molar-refractivity contribution in [1.29, 1.82) is 0 Å². The number of aromatic nitrogens is 1. The number of hydrogen-bond acceptors (Lipinski definition) is 2. The van der Waals surface area contributed by atoms with Gasteiger partial charge in [0.15, 0.2) is 5.43 Å². The summed E-state index contributed by atoms with van der Waals surface area (Å²) in [6.07, 6.45) is 0. The fourth-order valence-electron chi connectivity index (χ4n) is 2.90. The van der Waals surface area contributed by atoms with Gasteiger partial charge in [-0.1, -0.05) is 36.4 Å². The smallest absolute Gasteiger partial charge is 0.190 e. The van der Waals surface area contributed by atoms with Crippen molar-refractivity contribution >= 4 is 10.9 Å². The average molecular weight is 345 g/mol. The van der Waals surface area contributed by atoms with Gasteiger partial charge in [0, 0.05) is 22.5 Å². The standard InChI is InChI=1S/C22H16FNO2/c23-16-11-9-15(10-12-16)14-26-22-8-4-2-6-18(22)20-13-21(25)17-5-1-3-7-19(17)24-20/h1-13H,14H2,(H,24,25). The van der Waals surface area contributed by atoms with Crippen molar-refractivity contribution in [3.8, 4) is 17.0 Å². The molecule has 0 bridgehead atoms. The van der Waals surface area contributed by atoms with E-state index in [1.165, 1.54) is 12.1 Å². The Hall–Kier alpha value is -3.40. The number of ether oxygens (including phenoxy) is 1. The normalized spacial score (nSPS) is 10.8. The second-order valence-corrected chi connectivity index (χ2v) is 6.00. The first-order valence-corrected chi connectivity index (χ1v) is 8.29. The quantitative estimate of drug-likeness (QED) is 0.571. The molecule has 3 nitrogen and oxygen atoms in total. The monoisotopic (exact) mass is 345 g/mol. The van der Waals surface area contributed by atoms with E-state index < -0.39 is 0 Å². The first kappa shape index (κ1) is 16.1. The van der Waals surface area contributed by atoms with Gasteiger partial charge in [0.25, 0.3) is 0 Å². The molecule has 0 aliphatic carbocycles. The predicted molar refractivity (Wildman–Crippen MR) is 101 cm³/mol. The van der Waals surface area contributed by atoms with E-state index in [1.807, 2.05) is 42.5 Å². The molecule has 1 heterocycles. The molecule has 0 fully saturated rings. The highest BCUT2D eigenvalue weighted by molar-refractivity contribution is 5.82. The van der Waals surface area contributed by atoms with Crippen LogP contribution in [0.25, 0.3) is 22.2 Å². The minimum absolute atomic E-state index is 0.0392. The SMILES string of the molecule is O=c1cc(-c2ccccc2OCc2ccc(F)cc2)[nH]c2ccccc12. The van der Waals surface area contributed by atoms with Crippen molar-refractivity contribution in [1.82, 2.24) is 4.98 Å². The van der Waals surface area contributed by atoms with E-state index in [0.717, 1.165) is 16.6 Å². The number of nitrogens with one attached hydrogen (secondary N) is 1. The second kappa shape index (κ2) is 6.84. The van der Waals surface area contributed by atoms with Gasteiger partial charge >= 0.3 is 0 Å². The van der Waals surface area contributed by atoms with Gasteiger partial charge in [-0.25, -0.2) is 4.39 Å². The summed E-state index contributed by atoms with van der Waals surface area (Å²) in [5, 5.41) is 0.654. The van der Waals surface area contributed by atoms with E-state index >= 15 is 0 Å². The number of H-pyrrole nitrogens is 1. The van der Waals surface area contributed by atoms with Crippen LogP contribution in [0.5, 0.6) is 5.75 Å². The third-order valence-electron chi connectivity index (χ3n) is 4.22. The summed E-state index contributed by atoms with van der Waals surface area (Å²) >= 11 is 0. The van der Waals surface area contributed by atoms with Crippen LogP contribution in [-0.4, -0.2) is 4.98 Å². The summed E-state index contributed by atoms with van der Waals surface area (Å²) < 4.78 is 19.0. The Balaban J connectivity index is 1.69. The molecule has 3 aromatic carbocycles. The van der Waals surface area contributed by atoms with Gasteiger partial charge in [-0.2, -0.15) is 0 Å². The van der Waals surface area contributed by atoms with Crippen molar-refractivity contribution in [2.24, 2.45) is 0 Å². The molecule has 0 aliphatic heterocycles. The minimum Gasteiger partial charge on any atom is -0.488 e. The molecule has 0 radical (unpaired) electrons. The molecular formula is C22H16FNO2. The zero-order valence-corrected chi connectivity index (χ0v) is 13.9. The molecule has 1 N–H and O–H groups in total. The summed E-state index contributed by atoms with van der Waals surface area (Å²) in [7, 11) is 0. The molecule has 0 saturated carbocycles. The number of halogens is 1. The van der Waals surface area contributed by atoms with Crippen LogP contribution >= 0.6 is 0 Å². The number of rotatable bonds is 4. The molecule has 0 amide bonds. The van der Waals surface area contributed by atoms with Crippen LogP contribution < -0.4 is 10.2 Å². The van der Waals surface area contributed by atoms with Crippen molar-refractivity contribution in [3.05, 3.63) is 100 Å². The highest BCUT2D eigenvalue weighted by Gasteiger charge is 2.09. The lowest BCUT2D eigenvalue weighted by Gasteiger charge is -2.12. The largest absolute Gasteiger partial charge is 0.488 e. The molecular weight excluding hydrogens is 329 g/mol. The van der Waals surface area contributed by atoms with Crippen molar-refractivity contribution in [3.63, 3.8) is 0 Å². The van der Waals surface area contributed by atoms with E-state index in [-0.39, 0.29) is 11.2 Å². The number of pyridine rings is 1. The first-order valence-electron chi connectivity index (χ1n) is 8.29. The average Bonchev–Trinajstić information content (AvgIpc) is 2.68. The molecule has 1 aromatic heterocycles. The number of hydrogen-bond donors (Lipinski definition) is 1. The van der Waals surface area contributed by atoms with Crippen LogP contribution in [0.4, 0.5) is 4.39 Å². The maximum absolute atomic E-state index is 13.0. The Morgan fingerprint density at radius 2 is 1.62 bits per heavy atom. The fourth-order valence-corrected chi connectivity index (χ4v) is 2.90. The van der Waals surface area contributed by atoms with Crippen molar-refractivity contribution < 1.29 is 9.13 Å². The van der Waals surface area contributed by atoms with Crippen LogP contribution in [0.15, 0.2) is 83.7 Å². The maximum Gasteiger partial charge on any atom is 0.190 e. The number of benzene rings is 3. The minimum atomic E-state index is -0.275. The van der Waals surface area contributed by atoms with Crippen molar-refractivity contribution in [2.75, 3.05) is 0 Å². The molecule has 0 saturated heterocycles. The van der Waals surface area contributed by atoms with Gasteiger partial charge in [-0.3, -0.25) is 4.79 Å². The number of para-hydroxylation sites is 2. The molecule has 4 aromatic rings. The van der Waals surface area contributed by atoms with Gasteiger partial charge in [0.05, 0.1) is 5.69 Å². The molecule has 0 spiro atoms. The summed E-state index contributed by atoms with van der Waals surface area (Å²) in [6.45, 7) is 0.315. The van der Waals surface area contributed by atoms with E-state index in [9.17, 15) is 9.18 Å². The summed E-state index contributed by atoms with van der Waals surface area (Å²) in [5.74, 6) is 0.380. The van der Waals surface area contributed by atoms with E-state index in [0.29, 0.717) is 23.4 Å². The van der Waals surface area contributed by atoms with E-state index in [1.54, 1.807) is 24.3 Å². The molecule has 4 heteroatoms. The van der Waals surface area contributed by atoms with Crippen molar-refractivity contribution in [2.45, 2.75) is 6.61 Å². The second-order valence-electron chi connectivity index (χ2n) is 6.00. The van der Waals surface area contributed by atoms with Crippen LogP contribution in [0, 0.1) is 5.82 Å². The number of aromatic amines is 1. The number of fused-ring (bicyclic) bond motifs is 1. The van der Waals surface area contributed by atoms with Gasteiger partial charge in [0.1, 0.15) is 18.2 Å². The predicted octanol–water partition coefficient (Wildman–Crippen LogP) is 4.91. The lowest BCUT2D eigenvalue weighted by atomic mass is 10.1. The molecule has 26 heavy (non-hydrogen) atoms. The summed E-state index contributed by atoms with van der Waals surface area (Å²) in [5.41, 5.74) is 3.11. The van der Waals surface area contributed by atoms with Crippen LogP contribution in [-0.2, 0) is 6.61 Å². The molecule has 0 unspecified atom stereocenters. The van der Waals surface area contributed by atoms with Gasteiger partial charge in [-0.15, -0.1) is 0 Å². The Bertz CT molecular complexity index is 1120. The lowest BCUT2D eigenvalue weighted by molar-refractivity contribution is 0.307.